The van der Waals surface area contributed by atoms with Crippen molar-refractivity contribution in [3.8, 4) is 0 Å². The Labute approximate surface area is 118 Å². The van der Waals surface area contributed by atoms with Gasteiger partial charge in [-0.25, -0.2) is 0 Å². The number of pyridine rings is 1. The number of hydrogen-bond acceptors (Lipinski definition) is 3. The summed E-state index contributed by atoms with van der Waals surface area (Å²) in [5.74, 6) is 0. The van der Waals surface area contributed by atoms with Gasteiger partial charge in [-0.05, 0) is 71.8 Å². The summed E-state index contributed by atoms with van der Waals surface area (Å²) in [5.41, 5.74) is 1.56. The second-order valence-corrected chi connectivity index (χ2v) is 6.44. The van der Waals surface area contributed by atoms with Crippen LogP contribution < -0.4 is 5.32 Å². The molecule has 108 valence electrons. The first-order valence-corrected chi connectivity index (χ1v) is 7.22. The average molecular weight is 263 g/mol. The highest BCUT2D eigenvalue weighted by Gasteiger charge is 2.11. The summed E-state index contributed by atoms with van der Waals surface area (Å²) >= 11 is 0. The van der Waals surface area contributed by atoms with Crippen molar-refractivity contribution in [2.75, 3.05) is 13.6 Å². The minimum Gasteiger partial charge on any atom is -0.312 e. The number of nitrogens with one attached hydrogen (secondary N) is 1. The molecule has 0 saturated carbocycles. The quantitative estimate of drug-likeness (QED) is 0.766. The smallest absolute Gasteiger partial charge is 0.0271 e. The van der Waals surface area contributed by atoms with Gasteiger partial charge in [0.1, 0.15) is 0 Å². The van der Waals surface area contributed by atoms with Crippen LogP contribution in [0.4, 0.5) is 0 Å². The maximum absolute atomic E-state index is 4.05. The van der Waals surface area contributed by atoms with Crippen molar-refractivity contribution in [1.29, 1.82) is 0 Å². The van der Waals surface area contributed by atoms with Crippen LogP contribution in [0.3, 0.4) is 0 Å². The van der Waals surface area contributed by atoms with Crippen molar-refractivity contribution >= 4 is 0 Å². The molecule has 19 heavy (non-hydrogen) atoms. The number of hydrogen-bond donors (Lipinski definition) is 1. The van der Waals surface area contributed by atoms with Gasteiger partial charge in [0, 0.05) is 30.5 Å². The van der Waals surface area contributed by atoms with Crippen molar-refractivity contribution in [3.05, 3.63) is 30.1 Å². The van der Waals surface area contributed by atoms with Crippen LogP contribution in [0.5, 0.6) is 0 Å². The van der Waals surface area contributed by atoms with E-state index in [-0.39, 0.29) is 5.54 Å². The lowest BCUT2D eigenvalue weighted by Crippen LogP contribution is -2.37. The lowest BCUT2D eigenvalue weighted by atomic mass is 10.1. The van der Waals surface area contributed by atoms with Crippen molar-refractivity contribution in [1.82, 2.24) is 15.2 Å². The highest BCUT2D eigenvalue weighted by molar-refractivity contribution is 5.09. The summed E-state index contributed by atoms with van der Waals surface area (Å²) in [4.78, 5) is 6.46. The Hall–Kier alpha value is -0.930. The van der Waals surface area contributed by atoms with Gasteiger partial charge < -0.3 is 5.32 Å². The molecule has 1 unspecified atom stereocenters. The Kier molecular flexibility index (Phi) is 6.46. The van der Waals surface area contributed by atoms with E-state index < -0.39 is 0 Å². The van der Waals surface area contributed by atoms with E-state index in [0.29, 0.717) is 6.04 Å². The zero-order chi connectivity index (χ0) is 14.3. The first kappa shape index (κ1) is 16.1. The molecule has 1 aromatic heterocycles. The molecule has 0 radical (unpaired) electrons. The second kappa shape index (κ2) is 7.61. The van der Waals surface area contributed by atoms with Crippen molar-refractivity contribution in [2.45, 2.75) is 58.7 Å². The molecule has 0 aliphatic heterocycles. The summed E-state index contributed by atoms with van der Waals surface area (Å²) < 4.78 is 0. The first-order valence-electron chi connectivity index (χ1n) is 7.22. The third-order valence-electron chi connectivity index (χ3n) is 3.39. The average Bonchev–Trinajstić information content (AvgIpc) is 2.34. The van der Waals surface area contributed by atoms with Crippen LogP contribution in [0.15, 0.2) is 24.5 Å². The van der Waals surface area contributed by atoms with Crippen molar-refractivity contribution in [3.63, 3.8) is 0 Å². The Morgan fingerprint density at radius 1 is 1.26 bits per heavy atom. The monoisotopic (exact) mass is 263 g/mol. The summed E-state index contributed by atoms with van der Waals surface area (Å²) in [7, 11) is 2.20. The van der Waals surface area contributed by atoms with Crippen LogP contribution in [-0.2, 0) is 6.54 Å². The molecule has 0 aliphatic carbocycles. The van der Waals surface area contributed by atoms with Crippen LogP contribution in [0.1, 0.15) is 46.1 Å². The standard InChI is InChI=1S/C16H29N3/c1-14(7-6-10-18-16(2,3)4)19(5)13-15-8-11-17-12-9-15/h8-9,11-12,14,18H,6-7,10,13H2,1-5H3. The molecule has 0 fully saturated rings. The molecule has 0 aromatic carbocycles. The molecule has 3 nitrogen and oxygen atoms in total. The number of aromatic nitrogens is 1. The Morgan fingerprint density at radius 2 is 1.89 bits per heavy atom. The van der Waals surface area contributed by atoms with Gasteiger partial charge in [0.15, 0.2) is 0 Å². The zero-order valence-corrected chi connectivity index (χ0v) is 13.1. The topological polar surface area (TPSA) is 28.2 Å². The van der Waals surface area contributed by atoms with Crippen molar-refractivity contribution < 1.29 is 0 Å². The van der Waals surface area contributed by atoms with E-state index in [1.807, 2.05) is 12.4 Å². The van der Waals surface area contributed by atoms with E-state index >= 15 is 0 Å². The summed E-state index contributed by atoms with van der Waals surface area (Å²) in [5, 5.41) is 3.54. The Bertz CT molecular complexity index is 343. The molecular formula is C16H29N3. The SMILES string of the molecule is CC(CCCNC(C)(C)C)N(C)Cc1ccncc1. The van der Waals surface area contributed by atoms with E-state index in [2.05, 4.69) is 62.1 Å². The third kappa shape index (κ3) is 7.28. The van der Waals surface area contributed by atoms with E-state index in [0.717, 1.165) is 13.1 Å². The van der Waals surface area contributed by atoms with Crippen LogP contribution in [0, 0.1) is 0 Å². The summed E-state index contributed by atoms with van der Waals surface area (Å²) in [6, 6.07) is 4.78. The molecule has 3 heteroatoms. The molecule has 1 atom stereocenters. The van der Waals surface area contributed by atoms with Gasteiger partial charge in [0.2, 0.25) is 0 Å². The van der Waals surface area contributed by atoms with Gasteiger partial charge in [0.05, 0.1) is 0 Å². The van der Waals surface area contributed by atoms with Crippen LogP contribution in [0.25, 0.3) is 0 Å². The zero-order valence-electron chi connectivity index (χ0n) is 13.1. The predicted octanol–water partition coefficient (Wildman–Crippen LogP) is 3.07. The highest BCUT2D eigenvalue weighted by atomic mass is 15.1. The molecule has 1 N–H and O–H groups in total. The van der Waals surface area contributed by atoms with Crippen LogP contribution in [-0.4, -0.2) is 35.1 Å². The Balaban J connectivity index is 2.24. The van der Waals surface area contributed by atoms with Crippen molar-refractivity contribution in [2.24, 2.45) is 0 Å². The minimum atomic E-state index is 0.228. The minimum absolute atomic E-state index is 0.228. The Morgan fingerprint density at radius 3 is 2.47 bits per heavy atom. The maximum atomic E-state index is 4.05. The normalized spacial score (nSPS) is 13.8. The van der Waals surface area contributed by atoms with E-state index in [1.54, 1.807) is 0 Å². The molecular weight excluding hydrogens is 234 g/mol. The number of nitrogens with zero attached hydrogens (tertiary/aromatic N) is 2. The van der Waals surface area contributed by atoms with Gasteiger partial charge in [-0.15, -0.1) is 0 Å². The first-order chi connectivity index (χ1) is 8.88. The van der Waals surface area contributed by atoms with Crippen LogP contribution >= 0.6 is 0 Å². The lowest BCUT2D eigenvalue weighted by molar-refractivity contribution is 0.232. The number of rotatable bonds is 7. The van der Waals surface area contributed by atoms with E-state index in [9.17, 15) is 0 Å². The van der Waals surface area contributed by atoms with Gasteiger partial charge >= 0.3 is 0 Å². The van der Waals surface area contributed by atoms with Gasteiger partial charge in [0.25, 0.3) is 0 Å². The molecule has 0 amide bonds. The molecule has 1 rings (SSSR count). The molecule has 1 heterocycles. The largest absolute Gasteiger partial charge is 0.312 e. The fourth-order valence-electron chi connectivity index (χ4n) is 2.01. The molecule has 0 saturated heterocycles. The summed E-state index contributed by atoms with van der Waals surface area (Å²) in [6.45, 7) is 11.0. The lowest BCUT2D eigenvalue weighted by Gasteiger charge is -2.26. The predicted molar refractivity (Wildman–Crippen MR) is 82.2 cm³/mol. The molecule has 0 bridgehead atoms. The van der Waals surface area contributed by atoms with Crippen LogP contribution in [0.2, 0.25) is 0 Å². The second-order valence-electron chi connectivity index (χ2n) is 6.44. The van der Waals surface area contributed by atoms with Gasteiger partial charge in [-0.1, -0.05) is 0 Å². The summed E-state index contributed by atoms with van der Waals surface area (Å²) in [6.07, 6.45) is 6.17. The molecule has 1 aromatic rings. The van der Waals surface area contributed by atoms with E-state index in [4.69, 9.17) is 0 Å². The fraction of sp³-hybridized carbons (Fsp3) is 0.688. The fourth-order valence-corrected chi connectivity index (χ4v) is 2.01. The molecule has 0 spiro atoms. The maximum Gasteiger partial charge on any atom is 0.0271 e. The highest BCUT2D eigenvalue weighted by Crippen LogP contribution is 2.09. The van der Waals surface area contributed by atoms with Gasteiger partial charge in [-0.3, -0.25) is 9.88 Å². The van der Waals surface area contributed by atoms with E-state index in [1.165, 1.54) is 18.4 Å². The molecule has 0 aliphatic rings. The van der Waals surface area contributed by atoms with Gasteiger partial charge in [-0.2, -0.15) is 0 Å². The third-order valence-corrected chi connectivity index (χ3v) is 3.39.